The fourth-order valence-corrected chi connectivity index (χ4v) is 3.97. The third-order valence-electron chi connectivity index (χ3n) is 6.07. The van der Waals surface area contributed by atoms with Crippen LogP contribution in [0, 0.1) is 13.8 Å². The molecule has 0 unspecified atom stereocenters. The number of piperazine rings is 1. The molecular weight excluding hydrogens is 442 g/mol. The minimum atomic E-state index is 0.0148. The molecule has 2 aromatic heterocycles. The zero-order valence-electron chi connectivity index (χ0n) is 19.8. The quantitative estimate of drug-likeness (QED) is 0.416. The van der Waals surface area contributed by atoms with Crippen molar-refractivity contribution in [2.24, 2.45) is 0 Å². The molecule has 35 heavy (non-hydrogen) atoms. The summed E-state index contributed by atoms with van der Waals surface area (Å²) in [6.45, 7) is 6.91. The summed E-state index contributed by atoms with van der Waals surface area (Å²) in [6, 6.07) is 17.1. The SMILES string of the molecule is Cc1ccc(OCc2nc(-c3ccc(C(=O)N4CCN(c5ncccn5)CC4)cc3)oc2C)cc1. The molecule has 0 radical (unpaired) electrons. The lowest BCUT2D eigenvalue weighted by Crippen LogP contribution is -2.49. The highest BCUT2D eigenvalue weighted by atomic mass is 16.5. The zero-order valence-corrected chi connectivity index (χ0v) is 19.8. The first-order chi connectivity index (χ1) is 17.1. The monoisotopic (exact) mass is 469 g/mol. The van der Waals surface area contributed by atoms with Crippen LogP contribution in [-0.4, -0.2) is 51.9 Å². The molecule has 178 valence electrons. The molecule has 1 aliphatic rings. The molecule has 1 aliphatic heterocycles. The largest absolute Gasteiger partial charge is 0.487 e. The predicted molar refractivity (Wildman–Crippen MR) is 132 cm³/mol. The van der Waals surface area contributed by atoms with Gasteiger partial charge in [-0.25, -0.2) is 15.0 Å². The smallest absolute Gasteiger partial charge is 0.253 e. The molecule has 0 bridgehead atoms. The van der Waals surface area contributed by atoms with Gasteiger partial charge in [0, 0.05) is 49.7 Å². The van der Waals surface area contributed by atoms with Gasteiger partial charge in [-0.15, -0.1) is 0 Å². The summed E-state index contributed by atoms with van der Waals surface area (Å²) in [5, 5.41) is 0. The van der Waals surface area contributed by atoms with E-state index in [1.54, 1.807) is 18.5 Å². The van der Waals surface area contributed by atoms with Crippen molar-refractivity contribution in [3.63, 3.8) is 0 Å². The number of ether oxygens (including phenoxy) is 1. The Morgan fingerprint density at radius 2 is 1.63 bits per heavy atom. The highest BCUT2D eigenvalue weighted by Crippen LogP contribution is 2.24. The van der Waals surface area contributed by atoms with Gasteiger partial charge in [-0.05, 0) is 56.3 Å². The van der Waals surface area contributed by atoms with Crippen LogP contribution < -0.4 is 9.64 Å². The Morgan fingerprint density at radius 1 is 0.943 bits per heavy atom. The number of hydrogen-bond acceptors (Lipinski definition) is 7. The van der Waals surface area contributed by atoms with Gasteiger partial charge in [0.15, 0.2) is 0 Å². The van der Waals surface area contributed by atoms with Crippen molar-refractivity contribution in [1.82, 2.24) is 19.9 Å². The van der Waals surface area contributed by atoms with Crippen molar-refractivity contribution < 1.29 is 13.9 Å². The Labute approximate surface area is 204 Å². The number of amides is 1. The second-order valence-corrected chi connectivity index (χ2v) is 8.53. The molecule has 5 rings (SSSR count). The van der Waals surface area contributed by atoms with Crippen LogP contribution in [-0.2, 0) is 6.61 Å². The van der Waals surface area contributed by atoms with Crippen molar-refractivity contribution in [1.29, 1.82) is 0 Å². The molecule has 0 N–H and O–H groups in total. The van der Waals surface area contributed by atoms with E-state index in [4.69, 9.17) is 9.15 Å². The standard InChI is InChI=1S/C27H27N5O3/c1-19-4-10-23(11-5-19)34-18-24-20(2)35-25(30-24)21-6-8-22(9-7-21)26(33)31-14-16-32(17-15-31)27-28-12-3-13-29-27/h3-13H,14-18H2,1-2H3. The van der Waals surface area contributed by atoms with E-state index in [0.717, 1.165) is 17.0 Å². The maximum atomic E-state index is 13.0. The Morgan fingerprint density at radius 3 is 2.31 bits per heavy atom. The summed E-state index contributed by atoms with van der Waals surface area (Å²) in [4.78, 5) is 30.2. The molecule has 1 saturated heterocycles. The first-order valence-electron chi connectivity index (χ1n) is 11.6. The summed E-state index contributed by atoms with van der Waals surface area (Å²) in [5.74, 6) is 2.74. The van der Waals surface area contributed by atoms with Gasteiger partial charge in [0.1, 0.15) is 23.8 Å². The van der Waals surface area contributed by atoms with E-state index >= 15 is 0 Å². The maximum absolute atomic E-state index is 13.0. The highest BCUT2D eigenvalue weighted by Gasteiger charge is 2.23. The van der Waals surface area contributed by atoms with Crippen LogP contribution in [0.15, 0.2) is 71.4 Å². The van der Waals surface area contributed by atoms with Crippen molar-refractivity contribution in [3.8, 4) is 17.2 Å². The summed E-state index contributed by atoms with van der Waals surface area (Å²) < 4.78 is 11.7. The minimum Gasteiger partial charge on any atom is -0.487 e. The minimum absolute atomic E-state index is 0.0148. The molecule has 8 nitrogen and oxygen atoms in total. The molecule has 2 aromatic carbocycles. The summed E-state index contributed by atoms with van der Waals surface area (Å²) in [5.41, 5.74) is 3.39. The van der Waals surface area contributed by atoms with Gasteiger partial charge in [0.05, 0.1) is 0 Å². The molecule has 1 amide bonds. The van der Waals surface area contributed by atoms with Gasteiger partial charge in [-0.2, -0.15) is 0 Å². The predicted octanol–water partition coefficient (Wildman–Crippen LogP) is 4.29. The summed E-state index contributed by atoms with van der Waals surface area (Å²) in [7, 11) is 0. The lowest BCUT2D eigenvalue weighted by Gasteiger charge is -2.34. The van der Waals surface area contributed by atoms with E-state index in [0.29, 0.717) is 55.9 Å². The van der Waals surface area contributed by atoms with E-state index in [2.05, 4.69) is 19.9 Å². The second-order valence-electron chi connectivity index (χ2n) is 8.53. The molecule has 0 spiro atoms. The number of carbonyl (C=O) groups is 1. The first-order valence-corrected chi connectivity index (χ1v) is 11.6. The second kappa shape index (κ2) is 9.97. The third-order valence-corrected chi connectivity index (χ3v) is 6.07. The Bertz CT molecular complexity index is 1280. The number of benzene rings is 2. The Kier molecular flexibility index (Phi) is 6.43. The van der Waals surface area contributed by atoms with Crippen LogP contribution >= 0.6 is 0 Å². The molecule has 0 aliphatic carbocycles. The Balaban J connectivity index is 1.20. The average Bonchev–Trinajstić information content (AvgIpc) is 3.29. The van der Waals surface area contributed by atoms with Crippen LogP contribution in [0.25, 0.3) is 11.5 Å². The Hall–Kier alpha value is -4.20. The van der Waals surface area contributed by atoms with Crippen LogP contribution in [0.5, 0.6) is 5.75 Å². The number of anilines is 1. The molecule has 4 aromatic rings. The number of nitrogens with zero attached hydrogens (tertiary/aromatic N) is 5. The number of carbonyl (C=O) groups excluding carboxylic acids is 1. The first kappa shape index (κ1) is 22.6. The van der Waals surface area contributed by atoms with E-state index in [-0.39, 0.29) is 5.91 Å². The maximum Gasteiger partial charge on any atom is 0.253 e. The van der Waals surface area contributed by atoms with Gasteiger partial charge < -0.3 is 19.0 Å². The number of hydrogen-bond donors (Lipinski definition) is 0. The van der Waals surface area contributed by atoms with Gasteiger partial charge in [-0.3, -0.25) is 4.79 Å². The zero-order chi connectivity index (χ0) is 24.2. The van der Waals surface area contributed by atoms with Crippen molar-refractivity contribution in [2.45, 2.75) is 20.5 Å². The van der Waals surface area contributed by atoms with Crippen LogP contribution in [0.4, 0.5) is 5.95 Å². The molecule has 1 fully saturated rings. The number of aryl methyl sites for hydroxylation is 2. The van der Waals surface area contributed by atoms with Crippen molar-refractivity contribution >= 4 is 11.9 Å². The van der Waals surface area contributed by atoms with E-state index in [1.165, 1.54) is 5.56 Å². The number of rotatable bonds is 6. The summed E-state index contributed by atoms with van der Waals surface area (Å²) in [6.07, 6.45) is 3.47. The van der Waals surface area contributed by atoms with Crippen LogP contribution in [0.2, 0.25) is 0 Å². The highest BCUT2D eigenvalue weighted by molar-refractivity contribution is 5.94. The normalized spacial score (nSPS) is 13.7. The lowest BCUT2D eigenvalue weighted by atomic mass is 10.1. The fourth-order valence-electron chi connectivity index (χ4n) is 3.97. The van der Waals surface area contributed by atoms with Gasteiger partial charge in [0.2, 0.25) is 11.8 Å². The van der Waals surface area contributed by atoms with E-state index < -0.39 is 0 Å². The van der Waals surface area contributed by atoms with E-state index in [1.807, 2.05) is 67.3 Å². The molecule has 3 heterocycles. The third kappa shape index (κ3) is 5.16. The number of oxazole rings is 1. The van der Waals surface area contributed by atoms with Crippen LogP contribution in [0.1, 0.15) is 27.4 Å². The topological polar surface area (TPSA) is 84.6 Å². The molecule has 0 atom stereocenters. The van der Waals surface area contributed by atoms with Crippen molar-refractivity contribution in [2.75, 3.05) is 31.1 Å². The molecule has 0 saturated carbocycles. The number of aromatic nitrogens is 3. The molecule has 8 heteroatoms. The van der Waals surface area contributed by atoms with Gasteiger partial charge >= 0.3 is 0 Å². The average molecular weight is 470 g/mol. The van der Waals surface area contributed by atoms with Gasteiger partial charge in [-0.1, -0.05) is 17.7 Å². The van der Waals surface area contributed by atoms with Gasteiger partial charge in [0.25, 0.3) is 5.91 Å². The van der Waals surface area contributed by atoms with E-state index in [9.17, 15) is 4.79 Å². The summed E-state index contributed by atoms with van der Waals surface area (Å²) >= 11 is 0. The van der Waals surface area contributed by atoms with Crippen molar-refractivity contribution in [3.05, 3.63) is 89.6 Å². The fraction of sp³-hybridized carbons (Fsp3) is 0.259. The molecular formula is C27H27N5O3. The van der Waals surface area contributed by atoms with Crippen LogP contribution in [0.3, 0.4) is 0 Å². The lowest BCUT2D eigenvalue weighted by molar-refractivity contribution is 0.0746.